The van der Waals surface area contributed by atoms with Crippen LogP contribution in [0.1, 0.15) is 17.9 Å². The highest BCUT2D eigenvalue weighted by Crippen LogP contribution is 2.60. The fourth-order valence-corrected chi connectivity index (χ4v) is 2.37. The van der Waals surface area contributed by atoms with Crippen LogP contribution in [0.4, 0.5) is 8.78 Å². The minimum absolute atomic E-state index is 0.100. The van der Waals surface area contributed by atoms with Gasteiger partial charge >= 0.3 is 0 Å². The van der Waals surface area contributed by atoms with Gasteiger partial charge in [-0.25, -0.2) is 8.78 Å². The zero-order chi connectivity index (χ0) is 10.5. The molecule has 1 atom stereocenters. The van der Waals surface area contributed by atoms with Crippen molar-refractivity contribution in [2.24, 2.45) is 0 Å². The van der Waals surface area contributed by atoms with E-state index >= 15 is 0 Å². The van der Waals surface area contributed by atoms with E-state index in [4.69, 9.17) is 23.2 Å². The lowest BCUT2D eigenvalue weighted by Crippen LogP contribution is -1.96. The summed E-state index contributed by atoms with van der Waals surface area (Å²) < 4.78 is 25.6. The smallest absolute Gasteiger partial charge is 0.141 e. The fraction of sp³-hybridized carbons (Fsp3) is 0.333. The van der Waals surface area contributed by atoms with Gasteiger partial charge in [0.15, 0.2) is 0 Å². The van der Waals surface area contributed by atoms with Crippen molar-refractivity contribution in [1.29, 1.82) is 0 Å². The topological polar surface area (TPSA) is 0 Å². The molecule has 1 aromatic carbocycles. The van der Waals surface area contributed by atoms with E-state index in [2.05, 4.69) is 15.9 Å². The van der Waals surface area contributed by atoms with Crippen LogP contribution in [0.2, 0.25) is 0 Å². The molecule has 5 heteroatoms. The molecule has 0 radical (unpaired) electrons. The van der Waals surface area contributed by atoms with Crippen molar-refractivity contribution < 1.29 is 8.78 Å². The van der Waals surface area contributed by atoms with E-state index in [0.717, 1.165) is 12.1 Å². The molecule has 1 unspecified atom stereocenters. The monoisotopic (exact) mass is 300 g/mol. The summed E-state index contributed by atoms with van der Waals surface area (Å²) in [6.45, 7) is 0. The standard InChI is InChI=1S/C9H5BrCl2F2/c10-7-2-4(13)1-5(8(7)14)6-3-9(6,11)12/h1-2,6H,3H2. The first kappa shape index (κ1) is 10.7. The maximum Gasteiger partial charge on any atom is 0.141 e. The van der Waals surface area contributed by atoms with Gasteiger partial charge in [-0.15, -0.1) is 23.2 Å². The number of hydrogen-bond acceptors (Lipinski definition) is 0. The first-order valence-corrected chi connectivity index (χ1v) is 5.49. The number of benzene rings is 1. The van der Waals surface area contributed by atoms with Crippen molar-refractivity contribution in [3.8, 4) is 0 Å². The van der Waals surface area contributed by atoms with E-state index < -0.39 is 16.0 Å². The molecule has 0 nitrogen and oxygen atoms in total. The number of hydrogen-bond donors (Lipinski definition) is 0. The van der Waals surface area contributed by atoms with Gasteiger partial charge in [-0.2, -0.15) is 0 Å². The van der Waals surface area contributed by atoms with Crippen molar-refractivity contribution in [3.05, 3.63) is 33.8 Å². The Hall–Kier alpha value is 0.140. The Bertz CT molecular complexity index is 393. The summed E-state index contributed by atoms with van der Waals surface area (Å²) in [7, 11) is 0. The Morgan fingerprint density at radius 3 is 2.43 bits per heavy atom. The van der Waals surface area contributed by atoms with Gasteiger partial charge in [-0.3, -0.25) is 0 Å². The van der Waals surface area contributed by atoms with Crippen LogP contribution in [-0.4, -0.2) is 4.33 Å². The molecule has 2 rings (SSSR count). The molecule has 1 aromatic rings. The average Bonchev–Trinajstić information content (AvgIpc) is 2.67. The maximum atomic E-state index is 13.5. The maximum absolute atomic E-state index is 13.5. The van der Waals surface area contributed by atoms with Crippen molar-refractivity contribution in [2.45, 2.75) is 16.7 Å². The van der Waals surface area contributed by atoms with Crippen LogP contribution in [0.5, 0.6) is 0 Å². The van der Waals surface area contributed by atoms with E-state index in [0.29, 0.717) is 6.42 Å². The molecule has 0 aromatic heterocycles. The summed E-state index contributed by atoms with van der Waals surface area (Å²) in [5.74, 6) is -1.29. The molecule has 0 aliphatic heterocycles. The highest BCUT2D eigenvalue weighted by Gasteiger charge is 2.53. The quantitative estimate of drug-likeness (QED) is 0.533. The second-order valence-electron chi connectivity index (χ2n) is 3.31. The van der Waals surface area contributed by atoms with Gasteiger partial charge in [0.25, 0.3) is 0 Å². The summed E-state index contributed by atoms with van der Waals surface area (Å²) in [5, 5.41) is 0. The minimum Gasteiger partial charge on any atom is -0.207 e. The molecule has 1 aliphatic carbocycles. The van der Waals surface area contributed by atoms with Gasteiger partial charge in [-0.1, -0.05) is 0 Å². The van der Waals surface area contributed by atoms with Gasteiger partial charge in [-0.05, 0) is 40.0 Å². The molecule has 76 valence electrons. The van der Waals surface area contributed by atoms with Crippen LogP contribution in [0.3, 0.4) is 0 Å². The van der Waals surface area contributed by atoms with Crippen LogP contribution in [-0.2, 0) is 0 Å². The molecule has 1 saturated carbocycles. The second kappa shape index (κ2) is 3.32. The van der Waals surface area contributed by atoms with E-state index in [9.17, 15) is 8.78 Å². The number of rotatable bonds is 1. The van der Waals surface area contributed by atoms with E-state index in [-0.39, 0.29) is 16.0 Å². The third-order valence-electron chi connectivity index (χ3n) is 2.22. The molecule has 0 saturated heterocycles. The van der Waals surface area contributed by atoms with Crippen molar-refractivity contribution in [3.63, 3.8) is 0 Å². The third kappa shape index (κ3) is 1.77. The summed E-state index contributed by atoms with van der Waals surface area (Å²) >= 11 is 14.5. The second-order valence-corrected chi connectivity index (χ2v) is 5.71. The molecule has 0 heterocycles. The largest absolute Gasteiger partial charge is 0.207 e. The molecule has 1 fully saturated rings. The SMILES string of the molecule is Fc1cc(Br)c(F)c(C2CC2(Cl)Cl)c1. The Kier molecular flexibility index (Phi) is 2.53. The van der Waals surface area contributed by atoms with Gasteiger partial charge in [0.1, 0.15) is 16.0 Å². The van der Waals surface area contributed by atoms with Crippen LogP contribution in [0, 0.1) is 11.6 Å². The summed E-state index contributed by atoms with van der Waals surface area (Å²) in [6, 6.07) is 2.21. The zero-order valence-electron chi connectivity index (χ0n) is 6.83. The molecule has 14 heavy (non-hydrogen) atoms. The van der Waals surface area contributed by atoms with Crippen molar-refractivity contribution in [1.82, 2.24) is 0 Å². The van der Waals surface area contributed by atoms with Gasteiger partial charge < -0.3 is 0 Å². The molecule has 0 spiro atoms. The van der Waals surface area contributed by atoms with Crippen LogP contribution in [0.15, 0.2) is 16.6 Å². The summed E-state index contributed by atoms with van der Waals surface area (Å²) in [5.41, 5.74) is 0.238. The summed E-state index contributed by atoms with van der Waals surface area (Å²) in [4.78, 5) is 0. The van der Waals surface area contributed by atoms with Crippen molar-refractivity contribution >= 4 is 39.1 Å². The Morgan fingerprint density at radius 2 is 1.93 bits per heavy atom. The predicted octanol–water partition coefficient (Wildman–Crippen LogP) is 4.39. The Labute approximate surface area is 98.3 Å². The predicted molar refractivity (Wildman–Crippen MR) is 55.9 cm³/mol. The molecule has 1 aliphatic rings. The van der Waals surface area contributed by atoms with Crippen LogP contribution < -0.4 is 0 Å². The van der Waals surface area contributed by atoms with E-state index in [1.165, 1.54) is 0 Å². The lowest BCUT2D eigenvalue weighted by atomic mass is 10.1. The van der Waals surface area contributed by atoms with Gasteiger partial charge in [0, 0.05) is 5.92 Å². The van der Waals surface area contributed by atoms with E-state index in [1.54, 1.807) is 0 Å². The van der Waals surface area contributed by atoms with Gasteiger partial charge in [0.2, 0.25) is 0 Å². The van der Waals surface area contributed by atoms with E-state index in [1.807, 2.05) is 0 Å². The molecule has 0 N–H and O–H groups in total. The van der Waals surface area contributed by atoms with Gasteiger partial charge in [0.05, 0.1) is 4.47 Å². The van der Waals surface area contributed by atoms with Crippen molar-refractivity contribution in [2.75, 3.05) is 0 Å². The Morgan fingerprint density at radius 1 is 1.36 bits per heavy atom. The first-order chi connectivity index (χ1) is 6.42. The fourth-order valence-electron chi connectivity index (χ4n) is 1.38. The zero-order valence-corrected chi connectivity index (χ0v) is 9.93. The number of halogens is 5. The molecule has 0 bridgehead atoms. The normalized spacial score (nSPS) is 23.6. The molecular weight excluding hydrogens is 297 g/mol. The summed E-state index contributed by atoms with van der Waals surface area (Å²) in [6.07, 6.45) is 0.461. The lowest BCUT2D eigenvalue weighted by Gasteiger charge is -2.04. The highest BCUT2D eigenvalue weighted by molar-refractivity contribution is 9.10. The van der Waals surface area contributed by atoms with Crippen LogP contribution >= 0.6 is 39.1 Å². The highest BCUT2D eigenvalue weighted by atomic mass is 79.9. The lowest BCUT2D eigenvalue weighted by molar-refractivity contribution is 0.579. The average molecular weight is 302 g/mol. The minimum atomic E-state index is -0.936. The first-order valence-electron chi connectivity index (χ1n) is 3.94. The number of alkyl halides is 2. The third-order valence-corrected chi connectivity index (χ3v) is 3.63. The molecule has 0 amide bonds. The Balaban J connectivity index is 2.44. The van der Waals surface area contributed by atoms with Crippen LogP contribution in [0.25, 0.3) is 0 Å². The molecular formula is C9H5BrCl2F2.